The first-order valence-corrected chi connectivity index (χ1v) is 8.27. The highest BCUT2D eigenvalue weighted by molar-refractivity contribution is 9.10. The minimum Gasteiger partial charge on any atom is -0.461 e. The molecule has 0 fully saturated rings. The Morgan fingerprint density at radius 1 is 0.840 bits per heavy atom. The van der Waals surface area contributed by atoms with E-state index in [2.05, 4.69) is 21.2 Å². The third-order valence-corrected chi connectivity index (χ3v) is 3.62. The van der Waals surface area contributed by atoms with Gasteiger partial charge < -0.3 is 14.8 Å². The van der Waals surface area contributed by atoms with Gasteiger partial charge >= 0.3 is 11.9 Å². The Morgan fingerprint density at radius 3 is 2.16 bits per heavy atom. The van der Waals surface area contributed by atoms with Gasteiger partial charge in [0.05, 0.1) is 5.56 Å². The minimum atomic E-state index is -0.610. The van der Waals surface area contributed by atoms with E-state index in [1.165, 1.54) is 0 Å². The zero-order chi connectivity index (χ0) is 18.1. The number of carbonyl (C=O) groups is 3. The smallest absolute Gasteiger partial charge is 0.338 e. The van der Waals surface area contributed by atoms with Crippen molar-refractivity contribution in [3.63, 3.8) is 0 Å². The van der Waals surface area contributed by atoms with Gasteiger partial charge in [-0.15, -0.1) is 0 Å². The van der Waals surface area contributed by atoms with Crippen LogP contribution < -0.4 is 5.32 Å². The van der Waals surface area contributed by atoms with Gasteiger partial charge in [0.2, 0.25) is 0 Å². The summed E-state index contributed by atoms with van der Waals surface area (Å²) in [7, 11) is 0. The van der Waals surface area contributed by atoms with Gasteiger partial charge in [-0.05, 0) is 36.4 Å². The van der Waals surface area contributed by atoms with Crippen molar-refractivity contribution < 1.29 is 23.9 Å². The Morgan fingerprint density at radius 2 is 1.48 bits per heavy atom. The van der Waals surface area contributed by atoms with Crippen molar-refractivity contribution in [3.05, 3.63) is 70.2 Å². The maximum absolute atomic E-state index is 11.8. The summed E-state index contributed by atoms with van der Waals surface area (Å²) in [6.07, 6.45) is 0. The van der Waals surface area contributed by atoms with Gasteiger partial charge in [0.25, 0.3) is 5.91 Å². The van der Waals surface area contributed by atoms with E-state index in [0.29, 0.717) is 11.1 Å². The van der Waals surface area contributed by atoms with Crippen LogP contribution in [-0.4, -0.2) is 37.6 Å². The molecule has 2 rings (SSSR count). The van der Waals surface area contributed by atoms with Gasteiger partial charge in [-0.2, -0.15) is 0 Å². The molecule has 0 heterocycles. The third kappa shape index (κ3) is 6.39. The molecular weight excluding hydrogens is 390 g/mol. The highest BCUT2D eigenvalue weighted by atomic mass is 79.9. The second-order valence-electron chi connectivity index (χ2n) is 4.91. The molecule has 0 aromatic heterocycles. The fourth-order valence-corrected chi connectivity index (χ4v) is 2.12. The van der Waals surface area contributed by atoms with E-state index in [4.69, 9.17) is 9.47 Å². The van der Waals surface area contributed by atoms with Crippen LogP contribution in [0.25, 0.3) is 0 Å². The van der Waals surface area contributed by atoms with E-state index in [9.17, 15) is 14.4 Å². The van der Waals surface area contributed by atoms with Crippen molar-refractivity contribution >= 4 is 33.8 Å². The fraction of sp³-hybridized carbons (Fsp3) is 0.167. The Balaban J connectivity index is 1.63. The van der Waals surface area contributed by atoms with Gasteiger partial charge in [-0.3, -0.25) is 9.59 Å². The van der Waals surface area contributed by atoms with Gasteiger partial charge in [0, 0.05) is 10.0 Å². The van der Waals surface area contributed by atoms with E-state index in [0.717, 1.165) is 4.47 Å². The van der Waals surface area contributed by atoms with Crippen LogP contribution in [0.4, 0.5) is 0 Å². The fourth-order valence-electron chi connectivity index (χ4n) is 1.85. The zero-order valence-electron chi connectivity index (χ0n) is 13.2. The van der Waals surface area contributed by atoms with E-state index in [1.54, 1.807) is 54.6 Å². The summed E-state index contributed by atoms with van der Waals surface area (Å²) in [5.74, 6) is -1.47. The molecule has 25 heavy (non-hydrogen) atoms. The summed E-state index contributed by atoms with van der Waals surface area (Å²) in [5.41, 5.74) is 0.864. The lowest BCUT2D eigenvalue weighted by atomic mass is 10.2. The lowest BCUT2D eigenvalue weighted by Crippen LogP contribution is -2.31. The molecule has 0 spiro atoms. The summed E-state index contributed by atoms with van der Waals surface area (Å²) in [6.45, 7) is -0.396. The maximum atomic E-state index is 11.8. The molecule has 7 heteroatoms. The molecule has 1 N–H and O–H groups in total. The number of hydrogen-bond donors (Lipinski definition) is 1. The van der Waals surface area contributed by atoms with E-state index in [-0.39, 0.29) is 25.7 Å². The summed E-state index contributed by atoms with van der Waals surface area (Å²) >= 11 is 3.28. The van der Waals surface area contributed by atoms with Gasteiger partial charge in [-0.25, -0.2) is 4.79 Å². The second kappa shape index (κ2) is 9.58. The van der Waals surface area contributed by atoms with Crippen molar-refractivity contribution in [1.82, 2.24) is 5.32 Å². The molecule has 1 amide bonds. The third-order valence-electron chi connectivity index (χ3n) is 3.09. The molecule has 0 aliphatic heterocycles. The van der Waals surface area contributed by atoms with Gasteiger partial charge in [0.1, 0.15) is 19.8 Å². The van der Waals surface area contributed by atoms with Crippen LogP contribution >= 0.6 is 15.9 Å². The van der Waals surface area contributed by atoms with Gasteiger partial charge in [0.15, 0.2) is 0 Å². The monoisotopic (exact) mass is 405 g/mol. The lowest BCUT2D eigenvalue weighted by molar-refractivity contribution is -0.143. The molecule has 0 bridgehead atoms. The summed E-state index contributed by atoms with van der Waals surface area (Å²) in [6, 6.07) is 15.2. The van der Waals surface area contributed by atoms with Crippen LogP contribution in [0, 0.1) is 0 Å². The predicted molar refractivity (Wildman–Crippen MR) is 94.2 cm³/mol. The SMILES string of the molecule is O=C(CNC(=O)c1ccc(Br)cc1)OCCOC(=O)c1ccccc1. The largest absolute Gasteiger partial charge is 0.461 e. The Labute approximate surface area is 153 Å². The predicted octanol–water partition coefficient (Wildman–Crippen LogP) is 2.58. The van der Waals surface area contributed by atoms with Crippen LogP contribution in [0.3, 0.4) is 0 Å². The Kier molecular flexibility index (Phi) is 7.16. The minimum absolute atomic E-state index is 0.0554. The Hall–Kier alpha value is -2.67. The number of carbonyl (C=O) groups excluding carboxylic acids is 3. The average Bonchev–Trinajstić information content (AvgIpc) is 2.64. The number of nitrogens with one attached hydrogen (secondary N) is 1. The van der Waals surface area contributed by atoms with Crippen molar-refractivity contribution in [2.45, 2.75) is 0 Å². The molecule has 2 aromatic rings. The molecule has 130 valence electrons. The van der Waals surface area contributed by atoms with Crippen LogP contribution in [0.5, 0.6) is 0 Å². The number of ether oxygens (including phenoxy) is 2. The molecule has 0 saturated carbocycles. The van der Waals surface area contributed by atoms with Crippen LogP contribution in [-0.2, 0) is 14.3 Å². The number of halogens is 1. The number of esters is 2. The number of amides is 1. The van der Waals surface area contributed by atoms with E-state index < -0.39 is 11.9 Å². The van der Waals surface area contributed by atoms with Crippen molar-refractivity contribution in [2.75, 3.05) is 19.8 Å². The highest BCUT2D eigenvalue weighted by Crippen LogP contribution is 2.10. The second-order valence-corrected chi connectivity index (χ2v) is 5.83. The van der Waals surface area contributed by atoms with Crippen LogP contribution in [0.2, 0.25) is 0 Å². The first-order chi connectivity index (χ1) is 12.1. The van der Waals surface area contributed by atoms with E-state index in [1.807, 2.05) is 0 Å². The topological polar surface area (TPSA) is 81.7 Å². The zero-order valence-corrected chi connectivity index (χ0v) is 14.8. The first-order valence-electron chi connectivity index (χ1n) is 7.48. The molecule has 0 aliphatic rings. The van der Waals surface area contributed by atoms with Crippen LogP contribution in [0.15, 0.2) is 59.1 Å². The summed E-state index contributed by atoms with van der Waals surface area (Å²) < 4.78 is 10.7. The molecule has 0 aliphatic carbocycles. The van der Waals surface area contributed by atoms with Crippen molar-refractivity contribution in [1.29, 1.82) is 0 Å². The molecule has 0 radical (unpaired) electrons. The number of rotatable bonds is 7. The molecule has 0 atom stereocenters. The summed E-state index contributed by atoms with van der Waals surface area (Å²) in [4.78, 5) is 35.1. The number of benzene rings is 2. The van der Waals surface area contributed by atoms with E-state index >= 15 is 0 Å². The quantitative estimate of drug-likeness (QED) is 0.565. The Bertz CT molecular complexity index is 731. The standard InChI is InChI=1S/C18H16BrNO5/c19-15-8-6-13(7-9-15)17(22)20-12-16(21)24-10-11-25-18(23)14-4-2-1-3-5-14/h1-9H,10-12H2,(H,20,22). The molecule has 2 aromatic carbocycles. The lowest BCUT2D eigenvalue weighted by Gasteiger charge is -2.07. The average molecular weight is 406 g/mol. The molecule has 0 unspecified atom stereocenters. The summed E-state index contributed by atoms with van der Waals surface area (Å²) in [5, 5.41) is 2.46. The van der Waals surface area contributed by atoms with Crippen LogP contribution in [0.1, 0.15) is 20.7 Å². The molecule has 0 saturated heterocycles. The van der Waals surface area contributed by atoms with Gasteiger partial charge in [-0.1, -0.05) is 34.1 Å². The normalized spacial score (nSPS) is 9.96. The highest BCUT2D eigenvalue weighted by Gasteiger charge is 2.10. The van der Waals surface area contributed by atoms with Crippen molar-refractivity contribution in [2.24, 2.45) is 0 Å². The molecule has 6 nitrogen and oxygen atoms in total. The number of hydrogen-bond acceptors (Lipinski definition) is 5. The molecular formula is C18H16BrNO5. The maximum Gasteiger partial charge on any atom is 0.338 e. The van der Waals surface area contributed by atoms with Crippen molar-refractivity contribution in [3.8, 4) is 0 Å². The first kappa shape index (κ1) is 18.7.